The Morgan fingerprint density at radius 2 is 1.90 bits per heavy atom. The second-order valence-corrected chi connectivity index (χ2v) is 6.65. The minimum absolute atomic E-state index is 0.0719. The number of carboxylic acid groups (broad SMARTS) is 1. The summed E-state index contributed by atoms with van der Waals surface area (Å²) in [5.74, 6) is -1.79. The van der Waals surface area contributed by atoms with Gasteiger partial charge >= 0.3 is 5.97 Å². The van der Waals surface area contributed by atoms with Crippen LogP contribution in [0.3, 0.4) is 0 Å². The summed E-state index contributed by atoms with van der Waals surface area (Å²) in [5, 5.41) is 8.83. The Labute approximate surface area is 119 Å². The van der Waals surface area contributed by atoms with Crippen LogP contribution in [-0.4, -0.2) is 44.5 Å². The van der Waals surface area contributed by atoms with Crippen LogP contribution in [0.4, 0.5) is 0 Å². The summed E-state index contributed by atoms with van der Waals surface area (Å²) < 4.78 is 30.5. The van der Waals surface area contributed by atoms with Gasteiger partial charge in [-0.3, -0.25) is 4.79 Å². The fourth-order valence-corrected chi connectivity index (χ4v) is 2.93. The van der Waals surface area contributed by atoms with Gasteiger partial charge in [0.25, 0.3) is 0 Å². The molecular formula is C13H19NO5S. The molecule has 1 atom stereocenters. The molecule has 6 nitrogen and oxygen atoms in total. The zero-order valence-corrected chi connectivity index (χ0v) is 12.6. The lowest BCUT2D eigenvalue weighted by molar-refractivity contribution is -0.141. The summed E-state index contributed by atoms with van der Waals surface area (Å²) in [6, 6.07) is 6.33. The van der Waals surface area contributed by atoms with Crippen molar-refractivity contribution in [2.45, 2.75) is 18.4 Å². The summed E-state index contributed by atoms with van der Waals surface area (Å²) in [6.45, 7) is 1.81. The van der Waals surface area contributed by atoms with Crippen molar-refractivity contribution in [3.05, 3.63) is 29.8 Å². The van der Waals surface area contributed by atoms with Crippen molar-refractivity contribution in [1.82, 2.24) is 4.31 Å². The topological polar surface area (TPSA) is 83.9 Å². The molecule has 1 rings (SSSR count). The zero-order chi connectivity index (χ0) is 15.3. The zero-order valence-electron chi connectivity index (χ0n) is 11.7. The van der Waals surface area contributed by atoms with E-state index in [0.29, 0.717) is 6.61 Å². The highest BCUT2D eigenvalue weighted by Gasteiger charge is 2.24. The first-order valence-corrected chi connectivity index (χ1v) is 7.50. The van der Waals surface area contributed by atoms with Crippen molar-refractivity contribution in [2.75, 3.05) is 20.7 Å². The molecule has 0 radical (unpaired) electrons. The van der Waals surface area contributed by atoms with Crippen LogP contribution in [0.2, 0.25) is 0 Å². The molecule has 20 heavy (non-hydrogen) atoms. The number of benzene rings is 1. The number of methoxy groups -OCH3 is 1. The Hall–Kier alpha value is -1.44. The van der Waals surface area contributed by atoms with Crippen LogP contribution in [0.25, 0.3) is 0 Å². The monoisotopic (exact) mass is 301 g/mol. The van der Waals surface area contributed by atoms with E-state index < -0.39 is 21.9 Å². The van der Waals surface area contributed by atoms with Gasteiger partial charge in [-0.05, 0) is 17.7 Å². The quantitative estimate of drug-likeness (QED) is 0.817. The van der Waals surface area contributed by atoms with Gasteiger partial charge in [-0.2, -0.15) is 0 Å². The van der Waals surface area contributed by atoms with Crippen molar-refractivity contribution in [2.24, 2.45) is 5.92 Å². The van der Waals surface area contributed by atoms with Crippen molar-refractivity contribution in [3.63, 3.8) is 0 Å². The van der Waals surface area contributed by atoms with Gasteiger partial charge in [0.1, 0.15) is 0 Å². The van der Waals surface area contributed by atoms with E-state index in [-0.39, 0.29) is 11.4 Å². The molecule has 0 heterocycles. The smallest absolute Gasteiger partial charge is 0.307 e. The number of sulfonamides is 1. The fraction of sp³-hybridized carbons (Fsp3) is 0.462. The third kappa shape index (κ3) is 4.03. The molecule has 1 aromatic rings. The summed E-state index contributed by atoms with van der Waals surface area (Å²) in [7, 11) is -0.736. The average Bonchev–Trinajstić information content (AvgIpc) is 2.39. The van der Waals surface area contributed by atoms with Gasteiger partial charge in [0, 0.05) is 20.7 Å². The van der Waals surface area contributed by atoms with Crippen LogP contribution in [-0.2, 0) is 26.2 Å². The second kappa shape index (κ2) is 6.83. The standard InChI is InChI=1S/C13H19NO5S/c1-10(13(15)16)8-14(2)20(17,18)12-6-4-11(5-7-12)9-19-3/h4-7,10H,8-9H2,1-3H3,(H,15,16). The maximum atomic E-state index is 12.3. The molecular weight excluding hydrogens is 282 g/mol. The lowest BCUT2D eigenvalue weighted by Gasteiger charge is -2.19. The van der Waals surface area contributed by atoms with Crippen LogP contribution in [0.5, 0.6) is 0 Å². The molecule has 0 aliphatic carbocycles. The minimum Gasteiger partial charge on any atom is -0.481 e. The molecule has 0 bridgehead atoms. The van der Waals surface area contributed by atoms with E-state index in [0.717, 1.165) is 9.87 Å². The lowest BCUT2D eigenvalue weighted by atomic mass is 10.2. The third-order valence-corrected chi connectivity index (χ3v) is 4.73. The highest BCUT2D eigenvalue weighted by Crippen LogP contribution is 2.16. The van der Waals surface area contributed by atoms with E-state index in [1.807, 2.05) is 0 Å². The molecule has 1 unspecified atom stereocenters. The third-order valence-electron chi connectivity index (χ3n) is 2.90. The maximum absolute atomic E-state index is 12.3. The van der Waals surface area contributed by atoms with Gasteiger partial charge in [-0.1, -0.05) is 19.1 Å². The van der Waals surface area contributed by atoms with Crippen molar-refractivity contribution in [1.29, 1.82) is 0 Å². The molecule has 0 aliphatic rings. The number of hydrogen-bond acceptors (Lipinski definition) is 4. The molecule has 0 aromatic heterocycles. The Morgan fingerprint density at radius 1 is 1.35 bits per heavy atom. The second-order valence-electron chi connectivity index (χ2n) is 4.60. The van der Waals surface area contributed by atoms with E-state index in [4.69, 9.17) is 9.84 Å². The van der Waals surface area contributed by atoms with Gasteiger partial charge in [0.15, 0.2) is 0 Å². The number of carboxylic acids is 1. The molecule has 0 aliphatic heterocycles. The number of ether oxygens (including phenoxy) is 1. The summed E-state index contributed by atoms with van der Waals surface area (Å²) in [5.41, 5.74) is 0.869. The van der Waals surface area contributed by atoms with Crippen molar-refractivity contribution in [3.8, 4) is 0 Å². The summed E-state index contributed by atoms with van der Waals surface area (Å²) in [6.07, 6.45) is 0. The van der Waals surface area contributed by atoms with E-state index in [1.54, 1.807) is 19.2 Å². The molecule has 0 saturated heterocycles. The fourth-order valence-electron chi connectivity index (χ4n) is 1.67. The lowest BCUT2D eigenvalue weighted by Crippen LogP contribution is -2.33. The highest BCUT2D eigenvalue weighted by molar-refractivity contribution is 7.89. The Kier molecular flexibility index (Phi) is 5.67. The molecule has 7 heteroatoms. The highest BCUT2D eigenvalue weighted by atomic mass is 32.2. The molecule has 1 N–H and O–H groups in total. The van der Waals surface area contributed by atoms with Crippen molar-refractivity contribution >= 4 is 16.0 Å². The average molecular weight is 301 g/mol. The van der Waals surface area contributed by atoms with Gasteiger partial charge in [0.2, 0.25) is 10.0 Å². The normalized spacial score (nSPS) is 13.4. The molecule has 1 aromatic carbocycles. The summed E-state index contributed by atoms with van der Waals surface area (Å²) in [4.78, 5) is 10.9. The van der Waals surface area contributed by atoms with E-state index >= 15 is 0 Å². The van der Waals surface area contributed by atoms with Gasteiger partial charge in [0.05, 0.1) is 17.4 Å². The predicted octanol–water partition coefficient (Wildman–Crippen LogP) is 1.17. The maximum Gasteiger partial charge on any atom is 0.307 e. The Bertz CT molecular complexity index is 553. The van der Waals surface area contributed by atoms with Crippen LogP contribution in [0, 0.1) is 5.92 Å². The molecule has 0 amide bonds. The van der Waals surface area contributed by atoms with Gasteiger partial charge < -0.3 is 9.84 Å². The molecule has 0 saturated carbocycles. The van der Waals surface area contributed by atoms with Crippen LogP contribution in [0.15, 0.2) is 29.2 Å². The number of carbonyl (C=O) groups is 1. The first-order valence-electron chi connectivity index (χ1n) is 6.06. The van der Waals surface area contributed by atoms with Crippen molar-refractivity contribution < 1.29 is 23.1 Å². The van der Waals surface area contributed by atoms with Gasteiger partial charge in [-0.25, -0.2) is 12.7 Å². The molecule has 112 valence electrons. The molecule has 0 fully saturated rings. The predicted molar refractivity (Wildman–Crippen MR) is 73.8 cm³/mol. The van der Waals surface area contributed by atoms with Crippen LogP contribution >= 0.6 is 0 Å². The van der Waals surface area contributed by atoms with E-state index in [1.165, 1.54) is 26.1 Å². The first-order chi connectivity index (χ1) is 9.28. The van der Waals surface area contributed by atoms with Gasteiger partial charge in [-0.15, -0.1) is 0 Å². The SMILES string of the molecule is COCc1ccc(S(=O)(=O)N(C)CC(C)C(=O)O)cc1. The Morgan fingerprint density at radius 3 is 2.35 bits per heavy atom. The van der Waals surface area contributed by atoms with Crippen LogP contribution in [0.1, 0.15) is 12.5 Å². The Balaban J connectivity index is 2.89. The summed E-state index contributed by atoms with van der Waals surface area (Å²) >= 11 is 0. The number of aliphatic carboxylic acids is 1. The minimum atomic E-state index is -3.67. The number of hydrogen-bond donors (Lipinski definition) is 1. The molecule has 0 spiro atoms. The van der Waals surface area contributed by atoms with E-state index in [2.05, 4.69) is 0 Å². The van der Waals surface area contributed by atoms with E-state index in [9.17, 15) is 13.2 Å². The number of rotatable bonds is 7. The number of nitrogens with zero attached hydrogens (tertiary/aromatic N) is 1. The first kappa shape index (κ1) is 16.6. The largest absolute Gasteiger partial charge is 0.481 e. The van der Waals surface area contributed by atoms with Crippen LogP contribution < -0.4 is 0 Å².